The number of nitrogens with zero attached hydrogens (tertiary/aromatic N) is 4. The van der Waals surface area contributed by atoms with Gasteiger partial charge in [0.2, 0.25) is 5.69 Å². The first-order valence-electron chi connectivity index (χ1n) is 11.5. The molecule has 1 unspecified atom stereocenters. The summed E-state index contributed by atoms with van der Waals surface area (Å²) in [6, 6.07) is 10.5. The van der Waals surface area contributed by atoms with Gasteiger partial charge in [-0.05, 0) is 49.6 Å². The smallest absolute Gasteiger partial charge is 0.352 e. The standard InChI is InChI=1S/C25H24F2N4O5/c1-2-36-24(34)17-6-5-13-29(15-17)22(32)21-23(33)30(14-16-9-11-18(26)12-10-16)25(35)31(28-21)20-8-4-3-7-19(20)27/h3-4,7-12,17H,2,5-6,13-15H2,1H3. The lowest BCUT2D eigenvalue weighted by molar-refractivity contribution is -0.149. The van der Waals surface area contributed by atoms with Gasteiger partial charge in [-0.25, -0.2) is 13.6 Å². The number of hydrogen-bond donors (Lipinski definition) is 0. The summed E-state index contributed by atoms with van der Waals surface area (Å²) < 4.78 is 34.4. The van der Waals surface area contributed by atoms with E-state index in [1.165, 1.54) is 47.4 Å². The SMILES string of the molecule is CCOC(=O)C1CCCN(C(=O)c2nn(-c3ccccc3F)c(=O)n(Cc3ccc(F)cc3)c2=O)C1. The molecule has 0 bridgehead atoms. The second-order valence-electron chi connectivity index (χ2n) is 8.35. The monoisotopic (exact) mass is 498 g/mol. The van der Waals surface area contributed by atoms with Crippen LogP contribution in [0, 0.1) is 17.6 Å². The molecule has 9 nitrogen and oxygen atoms in total. The molecule has 2 aromatic carbocycles. The van der Waals surface area contributed by atoms with E-state index in [1.807, 2.05) is 0 Å². The Morgan fingerprint density at radius 3 is 2.50 bits per heavy atom. The van der Waals surface area contributed by atoms with Crippen LogP contribution in [0.15, 0.2) is 58.1 Å². The predicted molar refractivity (Wildman–Crippen MR) is 125 cm³/mol. The lowest BCUT2D eigenvalue weighted by Gasteiger charge is -2.31. The molecule has 11 heteroatoms. The molecule has 1 atom stereocenters. The van der Waals surface area contributed by atoms with Crippen LogP contribution in [-0.4, -0.2) is 50.8 Å². The zero-order valence-corrected chi connectivity index (χ0v) is 19.5. The van der Waals surface area contributed by atoms with Gasteiger partial charge in [0.25, 0.3) is 11.5 Å². The molecular weight excluding hydrogens is 474 g/mol. The van der Waals surface area contributed by atoms with Crippen LogP contribution in [0.1, 0.15) is 35.8 Å². The van der Waals surface area contributed by atoms with E-state index in [0.717, 1.165) is 10.6 Å². The normalized spacial score (nSPS) is 15.5. The number of esters is 1. The van der Waals surface area contributed by atoms with Gasteiger partial charge in [-0.3, -0.25) is 19.0 Å². The quantitative estimate of drug-likeness (QED) is 0.483. The third-order valence-corrected chi connectivity index (χ3v) is 5.93. The lowest BCUT2D eigenvalue weighted by atomic mass is 9.98. The van der Waals surface area contributed by atoms with Crippen LogP contribution in [0.5, 0.6) is 0 Å². The topological polar surface area (TPSA) is 104 Å². The Labute approximate surface area is 204 Å². The summed E-state index contributed by atoms with van der Waals surface area (Å²) in [4.78, 5) is 53.5. The van der Waals surface area contributed by atoms with Gasteiger partial charge in [0, 0.05) is 13.1 Å². The Balaban J connectivity index is 1.79. The Hall–Kier alpha value is -4.15. The summed E-state index contributed by atoms with van der Waals surface area (Å²) in [6.07, 6.45) is 1.03. The summed E-state index contributed by atoms with van der Waals surface area (Å²) in [7, 11) is 0. The third kappa shape index (κ3) is 5.09. The first kappa shape index (κ1) is 25.0. The zero-order valence-electron chi connectivity index (χ0n) is 19.5. The van der Waals surface area contributed by atoms with Crippen molar-refractivity contribution in [3.05, 3.63) is 92.3 Å². The van der Waals surface area contributed by atoms with Crippen LogP contribution >= 0.6 is 0 Å². The molecular formula is C25H24F2N4O5. The van der Waals surface area contributed by atoms with E-state index < -0.39 is 46.4 Å². The molecule has 0 spiro atoms. The van der Waals surface area contributed by atoms with E-state index in [2.05, 4.69) is 5.10 Å². The largest absolute Gasteiger partial charge is 0.466 e. The van der Waals surface area contributed by atoms with Gasteiger partial charge in [-0.15, -0.1) is 0 Å². The highest BCUT2D eigenvalue weighted by molar-refractivity contribution is 5.92. The Bertz CT molecular complexity index is 1400. The number of likely N-dealkylation sites (tertiary alicyclic amines) is 1. The fraction of sp³-hybridized carbons (Fsp3) is 0.320. The minimum atomic E-state index is -0.972. The van der Waals surface area contributed by atoms with Crippen molar-refractivity contribution in [3.63, 3.8) is 0 Å². The number of ether oxygens (including phenoxy) is 1. The van der Waals surface area contributed by atoms with Crippen molar-refractivity contribution in [1.29, 1.82) is 0 Å². The lowest BCUT2D eigenvalue weighted by Crippen LogP contribution is -2.49. The molecule has 0 saturated carbocycles. The first-order chi connectivity index (χ1) is 17.3. The molecule has 3 aromatic rings. The van der Waals surface area contributed by atoms with Crippen molar-refractivity contribution >= 4 is 11.9 Å². The van der Waals surface area contributed by atoms with Crippen molar-refractivity contribution in [2.45, 2.75) is 26.3 Å². The van der Waals surface area contributed by atoms with Gasteiger partial charge in [0.05, 0.1) is 19.1 Å². The Kier molecular flexibility index (Phi) is 7.37. The number of halogens is 2. The van der Waals surface area contributed by atoms with Gasteiger partial charge in [-0.1, -0.05) is 24.3 Å². The summed E-state index contributed by atoms with van der Waals surface area (Å²) in [5.41, 5.74) is -2.35. The summed E-state index contributed by atoms with van der Waals surface area (Å²) in [5.74, 6) is -3.05. The Morgan fingerprint density at radius 1 is 1.08 bits per heavy atom. The highest BCUT2D eigenvalue weighted by Gasteiger charge is 2.32. The molecule has 1 aromatic heterocycles. The highest BCUT2D eigenvalue weighted by Crippen LogP contribution is 2.19. The van der Waals surface area contributed by atoms with Crippen LogP contribution in [0.3, 0.4) is 0 Å². The van der Waals surface area contributed by atoms with Crippen LogP contribution < -0.4 is 11.2 Å². The number of amides is 1. The molecule has 36 heavy (non-hydrogen) atoms. The van der Waals surface area contributed by atoms with E-state index >= 15 is 0 Å². The molecule has 0 aliphatic carbocycles. The van der Waals surface area contributed by atoms with Crippen LogP contribution in [0.4, 0.5) is 8.78 Å². The summed E-state index contributed by atoms with van der Waals surface area (Å²) >= 11 is 0. The van der Waals surface area contributed by atoms with E-state index in [0.29, 0.717) is 23.1 Å². The van der Waals surface area contributed by atoms with Crippen LogP contribution in [-0.2, 0) is 16.1 Å². The van der Waals surface area contributed by atoms with E-state index in [9.17, 15) is 28.0 Å². The molecule has 2 heterocycles. The van der Waals surface area contributed by atoms with E-state index in [4.69, 9.17) is 4.74 Å². The number of rotatable bonds is 6. The van der Waals surface area contributed by atoms with Crippen molar-refractivity contribution in [2.75, 3.05) is 19.7 Å². The second kappa shape index (κ2) is 10.6. The molecule has 1 amide bonds. The van der Waals surface area contributed by atoms with Gasteiger partial charge < -0.3 is 9.64 Å². The number of benzene rings is 2. The van der Waals surface area contributed by atoms with Gasteiger partial charge in [-0.2, -0.15) is 9.78 Å². The second-order valence-corrected chi connectivity index (χ2v) is 8.35. The fourth-order valence-electron chi connectivity index (χ4n) is 4.10. The number of para-hydroxylation sites is 1. The van der Waals surface area contributed by atoms with E-state index in [-0.39, 0.29) is 31.9 Å². The minimum absolute atomic E-state index is 0.0234. The van der Waals surface area contributed by atoms with Crippen molar-refractivity contribution in [3.8, 4) is 5.69 Å². The number of piperidine rings is 1. The number of aromatic nitrogens is 3. The fourth-order valence-corrected chi connectivity index (χ4v) is 4.10. The number of carbonyl (C=O) groups excluding carboxylic acids is 2. The van der Waals surface area contributed by atoms with Gasteiger partial charge in [0.15, 0.2) is 0 Å². The number of hydrogen-bond acceptors (Lipinski definition) is 6. The molecule has 4 rings (SSSR count). The zero-order chi connectivity index (χ0) is 25.8. The highest BCUT2D eigenvalue weighted by atomic mass is 19.1. The van der Waals surface area contributed by atoms with Crippen molar-refractivity contribution < 1.29 is 23.1 Å². The first-order valence-corrected chi connectivity index (χ1v) is 11.5. The molecule has 188 valence electrons. The molecule has 1 aliphatic heterocycles. The summed E-state index contributed by atoms with van der Waals surface area (Å²) in [6.45, 7) is 1.89. The molecule has 0 radical (unpaired) electrons. The maximum atomic E-state index is 14.6. The van der Waals surface area contributed by atoms with Crippen LogP contribution in [0.2, 0.25) is 0 Å². The summed E-state index contributed by atoms with van der Waals surface area (Å²) in [5, 5.41) is 3.96. The van der Waals surface area contributed by atoms with Gasteiger partial charge in [0.1, 0.15) is 17.3 Å². The van der Waals surface area contributed by atoms with E-state index in [1.54, 1.807) is 6.92 Å². The molecule has 1 fully saturated rings. The number of carbonyl (C=O) groups is 2. The minimum Gasteiger partial charge on any atom is -0.466 e. The average Bonchev–Trinajstić information content (AvgIpc) is 2.88. The molecule has 0 N–H and O–H groups in total. The van der Waals surface area contributed by atoms with Crippen LogP contribution in [0.25, 0.3) is 5.69 Å². The maximum Gasteiger partial charge on any atom is 0.352 e. The predicted octanol–water partition coefficient (Wildman–Crippen LogP) is 2.14. The van der Waals surface area contributed by atoms with Crippen molar-refractivity contribution in [1.82, 2.24) is 19.2 Å². The van der Waals surface area contributed by atoms with Crippen molar-refractivity contribution in [2.24, 2.45) is 5.92 Å². The Morgan fingerprint density at radius 2 is 1.81 bits per heavy atom. The third-order valence-electron chi connectivity index (χ3n) is 5.93. The molecule has 1 aliphatic rings. The van der Waals surface area contributed by atoms with Gasteiger partial charge >= 0.3 is 11.7 Å². The molecule has 1 saturated heterocycles. The maximum absolute atomic E-state index is 14.6. The average molecular weight is 498 g/mol.